The number of nitrogens with one attached hydrogen (secondary N) is 1. The summed E-state index contributed by atoms with van der Waals surface area (Å²) in [7, 11) is 0. The van der Waals surface area contributed by atoms with Crippen LogP contribution in [0.1, 0.15) is 13.3 Å². The molecule has 0 aliphatic carbocycles. The van der Waals surface area contributed by atoms with E-state index in [2.05, 4.69) is 5.32 Å². The van der Waals surface area contributed by atoms with E-state index in [1.165, 1.54) is 0 Å². The van der Waals surface area contributed by atoms with Gasteiger partial charge in [0.1, 0.15) is 6.10 Å². The average Bonchev–Trinajstić information content (AvgIpc) is 2.70. The van der Waals surface area contributed by atoms with E-state index in [0.29, 0.717) is 23.0 Å². The fourth-order valence-electron chi connectivity index (χ4n) is 1.87. The predicted octanol–water partition coefficient (Wildman–Crippen LogP) is 2.29. The molecule has 17 heavy (non-hydrogen) atoms. The van der Waals surface area contributed by atoms with Gasteiger partial charge in [-0.2, -0.15) is 0 Å². The van der Waals surface area contributed by atoms with Crippen molar-refractivity contribution in [3.63, 3.8) is 0 Å². The van der Waals surface area contributed by atoms with E-state index in [0.717, 1.165) is 6.42 Å². The summed E-state index contributed by atoms with van der Waals surface area (Å²) in [4.78, 5) is 12.0. The highest BCUT2D eigenvalue weighted by atomic mass is 35.5. The highest BCUT2D eigenvalue weighted by molar-refractivity contribution is 6.31. The molecule has 5 heteroatoms. The number of amides is 1. The summed E-state index contributed by atoms with van der Waals surface area (Å²) in [5.41, 5.74) is 6.78. The number of benzene rings is 1. The minimum absolute atomic E-state index is 0.163. The number of nitrogens with two attached hydrogens (primary N) is 1. The van der Waals surface area contributed by atoms with Gasteiger partial charge in [-0.15, -0.1) is 0 Å². The second kappa shape index (κ2) is 4.94. The number of hydrogen-bond acceptors (Lipinski definition) is 3. The molecule has 1 aromatic rings. The number of halogens is 1. The second-order valence-electron chi connectivity index (χ2n) is 4.28. The van der Waals surface area contributed by atoms with E-state index in [1.54, 1.807) is 18.2 Å². The monoisotopic (exact) mass is 254 g/mol. The standard InChI is InChI=1S/C12H15ClN2O2/c1-7-4-5-17-11(7)12(16)15-10-6-8(13)2-3-9(10)14/h2-3,6-7,11H,4-5,14H2,1H3,(H,15,16). The van der Waals surface area contributed by atoms with Gasteiger partial charge in [0.2, 0.25) is 0 Å². The zero-order chi connectivity index (χ0) is 12.4. The van der Waals surface area contributed by atoms with Crippen LogP contribution in [-0.2, 0) is 9.53 Å². The zero-order valence-corrected chi connectivity index (χ0v) is 10.3. The second-order valence-corrected chi connectivity index (χ2v) is 4.71. The molecule has 3 N–H and O–H groups in total. The smallest absolute Gasteiger partial charge is 0.253 e. The molecule has 0 aromatic heterocycles. The number of rotatable bonds is 2. The summed E-state index contributed by atoms with van der Waals surface area (Å²) in [6.45, 7) is 2.63. The maximum atomic E-state index is 12.0. The van der Waals surface area contributed by atoms with Crippen LogP contribution in [0.4, 0.5) is 11.4 Å². The molecule has 1 fully saturated rings. The molecule has 0 saturated carbocycles. The molecule has 0 bridgehead atoms. The number of carbonyl (C=O) groups is 1. The van der Waals surface area contributed by atoms with Crippen LogP contribution in [0.2, 0.25) is 5.02 Å². The summed E-state index contributed by atoms with van der Waals surface area (Å²) in [5.74, 6) is 0.0689. The average molecular weight is 255 g/mol. The van der Waals surface area contributed by atoms with Crippen LogP contribution >= 0.6 is 11.6 Å². The molecule has 0 spiro atoms. The van der Waals surface area contributed by atoms with Crippen molar-refractivity contribution in [2.45, 2.75) is 19.4 Å². The van der Waals surface area contributed by atoms with Gasteiger partial charge in [-0.25, -0.2) is 0 Å². The minimum atomic E-state index is -0.395. The zero-order valence-electron chi connectivity index (χ0n) is 9.57. The fourth-order valence-corrected chi connectivity index (χ4v) is 2.04. The summed E-state index contributed by atoms with van der Waals surface area (Å²) >= 11 is 5.85. The van der Waals surface area contributed by atoms with Gasteiger partial charge in [-0.1, -0.05) is 18.5 Å². The van der Waals surface area contributed by atoms with Crippen molar-refractivity contribution >= 4 is 28.9 Å². The molecular weight excluding hydrogens is 240 g/mol. The van der Waals surface area contributed by atoms with Gasteiger partial charge in [0.15, 0.2) is 0 Å². The molecular formula is C12H15ClN2O2. The van der Waals surface area contributed by atoms with Crippen LogP contribution in [0.25, 0.3) is 0 Å². The van der Waals surface area contributed by atoms with Crippen LogP contribution in [0, 0.1) is 5.92 Å². The third-order valence-electron chi connectivity index (χ3n) is 2.92. The van der Waals surface area contributed by atoms with Crippen molar-refractivity contribution in [2.75, 3.05) is 17.7 Å². The largest absolute Gasteiger partial charge is 0.397 e. The van der Waals surface area contributed by atoms with Gasteiger partial charge in [-0.05, 0) is 30.5 Å². The number of hydrogen-bond donors (Lipinski definition) is 2. The van der Waals surface area contributed by atoms with E-state index in [1.807, 2.05) is 6.92 Å². The van der Waals surface area contributed by atoms with Gasteiger partial charge in [0.25, 0.3) is 5.91 Å². The first kappa shape index (κ1) is 12.2. The lowest BCUT2D eigenvalue weighted by molar-refractivity contribution is -0.126. The Balaban J connectivity index is 2.10. The molecule has 1 aliphatic heterocycles. The Morgan fingerprint density at radius 3 is 3.00 bits per heavy atom. The quantitative estimate of drug-likeness (QED) is 0.796. The van der Waals surface area contributed by atoms with Crippen molar-refractivity contribution < 1.29 is 9.53 Å². The van der Waals surface area contributed by atoms with Gasteiger partial charge < -0.3 is 15.8 Å². The van der Waals surface area contributed by atoms with Crippen LogP contribution in [-0.4, -0.2) is 18.6 Å². The Kier molecular flexibility index (Phi) is 3.54. The Morgan fingerprint density at radius 1 is 1.59 bits per heavy atom. The summed E-state index contributed by atoms with van der Waals surface area (Å²) in [6.07, 6.45) is 0.511. The highest BCUT2D eigenvalue weighted by Crippen LogP contribution is 2.25. The van der Waals surface area contributed by atoms with Crippen molar-refractivity contribution in [1.29, 1.82) is 0 Å². The Labute approximate surface area is 105 Å². The highest BCUT2D eigenvalue weighted by Gasteiger charge is 2.31. The van der Waals surface area contributed by atoms with E-state index in [4.69, 9.17) is 22.1 Å². The molecule has 1 aliphatic rings. The molecule has 2 unspecified atom stereocenters. The van der Waals surface area contributed by atoms with E-state index < -0.39 is 6.10 Å². The van der Waals surface area contributed by atoms with Gasteiger partial charge in [0, 0.05) is 11.6 Å². The van der Waals surface area contributed by atoms with E-state index in [-0.39, 0.29) is 11.8 Å². The number of carbonyl (C=O) groups excluding carboxylic acids is 1. The first-order valence-electron chi connectivity index (χ1n) is 5.55. The molecule has 1 aromatic carbocycles. The number of ether oxygens (including phenoxy) is 1. The van der Waals surface area contributed by atoms with Gasteiger partial charge in [0.05, 0.1) is 11.4 Å². The molecule has 4 nitrogen and oxygen atoms in total. The lowest BCUT2D eigenvalue weighted by Crippen LogP contribution is -2.31. The maximum absolute atomic E-state index is 12.0. The molecule has 92 valence electrons. The van der Waals surface area contributed by atoms with Crippen molar-refractivity contribution in [1.82, 2.24) is 0 Å². The Bertz CT molecular complexity index is 437. The Morgan fingerprint density at radius 2 is 2.35 bits per heavy atom. The fraction of sp³-hybridized carbons (Fsp3) is 0.417. The minimum Gasteiger partial charge on any atom is -0.397 e. The lowest BCUT2D eigenvalue weighted by Gasteiger charge is -2.15. The van der Waals surface area contributed by atoms with Crippen LogP contribution < -0.4 is 11.1 Å². The molecule has 0 radical (unpaired) electrons. The maximum Gasteiger partial charge on any atom is 0.253 e. The Hall–Kier alpha value is -1.26. The van der Waals surface area contributed by atoms with Crippen LogP contribution in [0.3, 0.4) is 0 Å². The normalized spacial score (nSPS) is 23.6. The topological polar surface area (TPSA) is 64.3 Å². The summed E-state index contributed by atoms with van der Waals surface area (Å²) < 4.78 is 5.38. The van der Waals surface area contributed by atoms with Crippen LogP contribution in [0.15, 0.2) is 18.2 Å². The molecule has 2 atom stereocenters. The predicted molar refractivity (Wildman–Crippen MR) is 68.0 cm³/mol. The van der Waals surface area contributed by atoms with E-state index in [9.17, 15) is 4.79 Å². The van der Waals surface area contributed by atoms with Crippen molar-refractivity contribution in [3.05, 3.63) is 23.2 Å². The van der Waals surface area contributed by atoms with Crippen molar-refractivity contribution in [2.24, 2.45) is 5.92 Å². The molecule has 1 saturated heterocycles. The van der Waals surface area contributed by atoms with Crippen LogP contribution in [0.5, 0.6) is 0 Å². The number of nitrogen functional groups attached to an aromatic ring is 1. The number of anilines is 2. The van der Waals surface area contributed by atoms with Gasteiger partial charge >= 0.3 is 0 Å². The SMILES string of the molecule is CC1CCOC1C(=O)Nc1cc(Cl)ccc1N. The third-order valence-corrected chi connectivity index (χ3v) is 3.15. The lowest BCUT2D eigenvalue weighted by atomic mass is 10.0. The first-order chi connectivity index (χ1) is 8.08. The van der Waals surface area contributed by atoms with Gasteiger partial charge in [-0.3, -0.25) is 4.79 Å². The van der Waals surface area contributed by atoms with E-state index >= 15 is 0 Å². The third kappa shape index (κ3) is 2.70. The van der Waals surface area contributed by atoms with Crippen molar-refractivity contribution in [3.8, 4) is 0 Å². The first-order valence-corrected chi connectivity index (χ1v) is 5.93. The molecule has 2 rings (SSSR count). The summed E-state index contributed by atoms with van der Waals surface area (Å²) in [6, 6.07) is 4.98. The summed E-state index contributed by atoms with van der Waals surface area (Å²) in [5, 5.41) is 3.29. The molecule has 1 heterocycles. The molecule has 1 amide bonds.